The predicted octanol–water partition coefficient (Wildman–Crippen LogP) is 1.41. The highest BCUT2D eigenvalue weighted by Gasteiger charge is 2.60. The first-order chi connectivity index (χ1) is 12.3. The number of rotatable bonds is 3. The molecule has 1 aliphatic heterocycles. The summed E-state index contributed by atoms with van der Waals surface area (Å²) in [6.45, 7) is 4.04. The maximum Gasteiger partial charge on any atom is 0.242 e. The Kier molecular flexibility index (Phi) is 5.08. The highest BCUT2D eigenvalue weighted by Crippen LogP contribution is 2.48. The molecule has 2 N–H and O–H groups in total. The number of anilines is 1. The molecule has 5 unspecified atom stereocenters. The monoisotopic (exact) mass is 360 g/mol. The summed E-state index contributed by atoms with van der Waals surface area (Å²) in [5, 5.41) is 21.7. The van der Waals surface area contributed by atoms with Gasteiger partial charge in [0.1, 0.15) is 5.92 Å². The van der Waals surface area contributed by atoms with E-state index in [0.717, 1.165) is 12.8 Å². The Balaban J connectivity index is 1.98. The predicted molar refractivity (Wildman–Crippen MR) is 98.5 cm³/mol. The van der Waals surface area contributed by atoms with Gasteiger partial charge in [-0.05, 0) is 38.3 Å². The molecule has 2 fully saturated rings. The number of likely N-dealkylation sites (tertiary alicyclic amines) is 1. The first-order valence-electron chi connectivity index (χ1n) is 9.33. The molecule has 1 saturated carbocycles. The molecule has 6 nitrogen and oxygen atoms in total. The summed E-state index contributed by atoms with van der Waals surface area (Å²) in [5.41, 5.74) is -0.212. The van der Waals surface area contributed by atoms with Crippen LogP contribution < -0.4 is 4.90 Å². The third kappa shape index (κ3) is 2.72. The zero-order valence-corrected chi connectivity index (χ0v) is 15.6. The number of hydrogen-bond donors (Lipinski definition) is 2. The van der Waals surface area contributed by atoms with E-state index in [9.17, 15) is 19.8 Å². The van der Waals surface area contributed by atoms with Gasteiger partial charge >= 0.3 is 0 Å². The van der Waals surface area contributed by atoms with Crippen LogP contribution in [0, 0.1) is 11.3 Å². The van der Waals surface area contributed by atoms with E-state index in [1.165, 1.54) is 4.90 Å². The minimum absolute atomic E-state index is 0.260. The van der Waals surface area contributed by atoms with E-state index in [0.29, 0.717) is 18.7 Å². The van der Waals surface area contributed by atoms with Crippen molar-refractivity contribution in [2.24, 2.45) is 11.3 Å². The number of hydrogen-bond acceptors (Lipinski definition) is 4. The Morgan fingerprint density at radius 1 is 1.27 bits per heavy atom. The molecule has 6 heteroatoms. The van der Waals surface area contributed by atoms with Crippen molar-refractivity contribution in [3.8, 4) is 0 Å². The number of para-hydroxylation sites is 1. The van der Waals surface area contributed by atoms with E-state index >= 15 is 0 Å². The summed E-state index contributed by atoms with van der Waals surface area (Å²) in [6.07, 6.45) is 0.147. The van der Waals surface area contributed by atoms with Crippen LogP contribution in [0.3, 0.4) is 0 Å². The molecule has 26 heavy (non-hydrogen) atoms. The first kappa shape index (κ1) is 18.9. The van der Waals surface area contributed by atoms with E-state index in [2.05, 4.69) is 0 Å². The van der Waals surface area contributed by atoms with Crippen molar-refractivity contribution in [1.82, 2.24) is 4.90 Å². The van der Waals surface area contributed by atoms with Gasteiger partial charge in [-0.25, -0.2) is 0 Å². The third-order valence-electron chi connectivity index (χ3n) is 6.34. The summed E-state index contributed by atoms with van der Waals surface area (Å²) < 4.78 is 0. The molecule has 142 valence electrons. The second-order valence-corrected chi connectivity index (χ2v) is 7.62. The second kappa shape index (κ2) is 7.00. The van der Waals surface area contributed by atoms with Gasteiger partial charge in [0.2, 0.25) is 11.8 Å². The SMILES string of the molecule is CCN(C(=O)C1C(=O)N(C)C2CCCC(O)C2(C)C1O)c1ccccc1. The van der Waals surface area contributed by atoms with E-state index in [1.54, 1.807) is 18.9 Å². The van der Waals surface area contributed by atoms with E-state index in [-0.39, 0.29) is 11.9 Å². The van der Waals surface area contributed by atoms with Gasteiger partial charge in [-0.1, -0.05) is 25.1 Å². The average Bonchev–Trinajstić information content (AvgIpc) is 2.64. The van der Waals surface area contributed by atoms with Crippen LogP contribution >= 0.6 is 0 Å². The zero-order valence-electron chi connectivity index (χ0n) is 15.6. The fourth-order valence-electron chi connectivity index (χ4n) is 4.70. The Hall–Kier alpha value is -1.92. The van der Waals surface area contributed by atoms with Crippen molar-refractivity contribution < 1.29 is 19.8 Å². The minimum Gasteiger partial charge on any atom is -0.392 e. The lowest BCUT2D eigenvalue weighted by atomic mass is 9.60. The summed E-state index contributed by atoms with van der Waals surface area (Å²) in [6, 6.07) is 8.89. The van der Waals surface area contributed by atoms with Crippen LogP contribution in [-0.4, -0.2) is 58.8 Å². The maximum absolute atomic E-state index is 13.3. The standard InChI is InChI=1S/C20H28N2O4/c1-4-22(13-9-6-5-7-10-13)19(26)16-17(24)20(2)14(21(3)18(16)25)11-8-12-15(20)23/h5-7,9-10,14-17,23-24H,4,8,11-12H2,1-3H3. The minimum atomic E-state index is -1.21. The number of carbonyl (C=O) groups excluding carboxylic acids is 2. The summed E-state index contributed by atoms with van der Waals surface area (Å²) in [7, 11) is 1.67. The fourth-order valence-corrected chi connectivity index (χ4v) is 4.70. The average molecular weight is 360 g/mol. The number of benzene rings is 1. The number of piperidine rings is 1. The van der Waals surface area contributed by atoms with Crippen molar-refractivity contribution in [2.75, 3.05) is 18.5 Å². The molecule has 1 heterocycles. The molecular weight excluding hydrogens is 332 g/mol. The molecule has 2 aliphatic rings. The van der Waals surface area contributed by atoms with Crippen molar-refractivity contribution in [2.45, 2.75) is 51.4 Å². The number of aliphatic hydroxyl groups is 2. The van der Waals surface area contributed by atoms with Crippen molar-refractivity contribution >= 4 is 17.5 Å². The molecule has 0 bridgehead atoms. The van der Waals surface area contributed by atoms with Crippen LogP contribution in [0.5, 0.6) is 0 Å². The van der Waals surface area contributed by atoms with Crippen LogP contribution in [0.15, 0.2) is 30.3 Å². The second-order valence-electron chi connectivity index (χ2n) is 7.62. The molecule has 0 radical (unpaired) electrons. The smallest absolute Gasteiger partial charge is 0.242 e. The van der Waals surface area contributed by atoms with E-state index < -0.39 is 29.4 Å². The lowest BCUT2D eigenvalue weighted by molar-refractivity contribution is -0.191. The normalized spacial score (nSPS) is 34.3. The molecule has 1 aromatic carbocycles. The molecular formula is C20H28N2O4. The van der Waals surface area contributed by atoms with Gasteiger partial charge < -0.3 is 20.0 Å². The summed E-state index contributed by atoms with van der Waals surface area (Å²) >= 11 is 0. The highest BCUT2D eigenvalue weighted by atomic mass is 16.3. The van der Waals surface area contributed by atoms with Crippen LogP contribution in [0.4, 0.5) is 5.69 Å². The van der Waals surface area contributed by atoms with Gasteiger partial charge in [-0.15, -0.1) is 0 Å². The van der Waals surface area contributed by atoms with E-state index in [4.69, 9.17) is 0 Å². The number of nitrogens with zero attached hydrogens (tertiary/aromatic N) is 2. The fraction of sp³-hybridized carbons (Fsp3) is 0.600. The summed E-state index contributed by atoms with van der Waals surface area (Å²) in [4.78, 5) is 29.3. The van der Waals surface area contributed by atoms with Gasteiger partial charge in [-0.3, -0.25) is 9.59 Å². The molecule has 5 atom stereocenters. The van der Waals surface area contributed by atoms with Gasteiger partial charge in [0.05, 0.1) is 12.2 Å². The summed E-state index contributed by atoms with van der Waals surface area (Å²) in [5.74, 6) is -1.98. The van der Waals surface area contributed by atoms with E-state index in [1.807, 2.05) is 37.3 Å². The topological polar surface area (TPSA) is 81.1 Å². The van der Waals surface area contributed by atoms with Crippen LogP contribution in [0.2, 0.25) is 0 Å². The van der Waals surface area contributed by atoms with Gasteiger partial charge in [-0.2, -0.15) is 0 Å². The Labute approximate surface area is 154 Å². The molecule has 1 saturated heterocycles. The lowest BCUT2D eigenvalue weighted by Crippen LogP contribution is -2.70. The zero-order chi connectivity index (χ0) is 19.1. The number of carbonyl (C=O) groups is 2. The Morgan fingerprint density at radius 2 is 1.92 bits per heavy atom. The Bertz CT molecular complexity index is 680. The lowest BCUT2D eigenvalue weighted by Gasteiger charge is -2.56. The van der Waals surface area contributed by atoms with Crippen molar-refractivity contribution in [1.29, 1.82) is 0 Å². The molecule has 1 aliphatic carbocycles. The van der Waals surface area contributed by atoms with Crippen LogP contribution in [0.1, 0.15) is 33.1 Å². The first-order valence-corrected chi connectivity index (χ1v) is 9.33. The molecule has 0 aromatic heterocycles. The van der Waals surface area contributed by atoms with Crippen molar-refractivity contribution in [3.63, 3.8) is 0 Å². The quantitative estimate of drug-likeness (QED) is 0.799. The number of amides is 2. The van der Waals surface area contributed by atoms with Crippen LogP contribution in [-0.2, 0) is 9.59 Å². The third-order valence-corrected chi connectivity index (χ3v) is 6.34. The van der Waals surface area contributed by atoms with Gasteiger partial charge in [0.15, 0.2) is 0 Å². The largest absolute Gasteiger partial charge is 0.392 e. The van der Waals surface area contributed by atoms with Crippen molar-refractivity contribution in [3.05, 3.63) is 30.3 Å². The number of fused-ring (bicyclic) bond motifs is 1. The van der Waals surface area contributed by atoms with Gasteiger partial charge in [0, 0.05) is 30.7 Å². The van der Waals surface area contributed by atoms with Gasteiger partial charge in [0.25, 0.3) is 0 Å². The maximum atomic E-state index is 13.3. The highest BCUT2D eigenvalue weighted by molar-refractivity contribution is 6.08. The molecule has 1 aromatic rings. The molecule has 0 spiro atoms. The molecule has 3 rings (SSSR count). The number of aliphatic hydroxyl groups excluding tert-OH is 2. The molecule has 2 amide bonds. The van der Waals surface area contributed by atoms with Crippen LogP contribution in [0.25, 0.3) is 0 Å². The Morgan fingerprint density at radius 3 is 2.54 bits per heavy atom.